The Kier molecular flexibility index (Phi) is 3.10. The van der Waals surface area contributed by atoms with Gasteiger partial charge in [0.2, 0.25) is 5.91 Å². The number of hydrogen-bond donors (Lipinski definition) is 2. The van der Waals surface area contributed by atoms with Crippen LogP contribution in [0.2, 0.25) is 0 Å². The van der Waals surface area contributed by atoms with Crippen molar-refractivity contribution in [3.63, 3.8) is 0 Å². The molecule has 5 rings (SSSR count). The molecule has 0 spiro atoms. The fourth-order valence-electron chi connectivity index (χ4n) is 3.30. The van der Waals surface area contributed by atoms with Gasteiger partial charge in [-0.2, -0.15) is 4.99 Å². The summed E-state index contributed by atoms with van der Waals surface area (Å²) >= 11 is 0. The first kappa shape index (κ1) is 14.7. The molecule has 126 valence electrons. The van der Waals surface area contributed by atoms with Crippen LogP contribution in [0.25, 0.3) is 0 Å². The topological polar surface area (TPSA) is 78.2 Å². The van der Waals surface area contributed by atoms with Gasteiger partial charge in [0.1, 0.15) is 6.21 Å². The Balaban J connectivity index is 1.50. The van der Waals surface area contributed by atoms with Crippen molar-refractivity contribution in [1.29, 1.82) is 0 Å². The van der Waals surface area contributed by atoms with Crippen molar-refractivity contribution in [2.45, 2.75) is 6.42 Å². The third-order valence-electron chi connectivity index (χ3n) is 4.52. The number of carbonyl (C=O) groups excluding carboxylic acids is 1. The zero-order valence-corrected chi connectivity index (χ0v) is 13.8. The molecule has 2 N–H and O–H groups in total. The molecule has 0 saturated carbocycles. The lowest BCUT2D eigenvalue weighted by molar-refractivity contribution is -0.115. The second-order valence-corrected chi connectivity index (χ2v) is 6.21. The number of aliphatic imine (C=N–C) groups is 2. The number of nitrogens with zero attached hydrogens (tertiary/aromatic N) is 4. The number of quaternary nitrogens is 1. The summed E-state index contributed by atoms with van der Waals surface area (Å²) in [6, 6.07) is 15.7. The molecule has 3 heterocycles. The van der Waals surface area contributed by atoms with Crippen LogP contribution < -0.4 is 15.2 Å². The lowest BCUT2D eigenvalue weighted by atomic mass is 10.1. The number of rotatable bonds is 2. The second kappa shape index (κ2) is 5.47. The fourth-order valence-corrected chi connectivity index (χ4v) is 3.30. The lowest BCUT2D eigenvalue weighted by Crippen LogP contribution is -2.44. The predicted octanol–water partition coefficient (Wildman–Crippen LogP) is 2.84. The Labute approximate surface area is 149 Å². The number of guanidine groups is 1. The smallest absolute Gasteiger partial charge is 0.287 e. The van der Waals surface area contributed by atoms with Crippen molar-refractivity contribution in [2.75, 3.05) is 10.6 Å². The first-order chi connectivity index (χ1) is 12.7. The standard InChI is InChI=1S/C19H14N6O/c26-18-11-13-10-14(6-7-16(13)22-18)21-19-23-17-12-20-8-9-25(17,24-19)15-4-2-1-3-5-15/h1-10,12H,11H2,(H-,20,21,22,23,24,26)/p+1. The van der Waals surface area contributed by atoms with Crippen molar-refractivity contribution < 1.29 is 4.79 Å². The zero-order chi connectivity index (χ0) is 17.6. The van der Waals surface area contributed by atoms with Crippen molar-refractivity contribution in [3.05, 3.63) is 66.5 Å². The van der Waals surface area contributed by atoms with Crippen LogP contribution in [0.5, 0.6) is 0 Å². The molecular formula is C19H15N6O+. The number of hydrogen-bond acceptors (Lipinski definition) is 5. The Morgan fingerprint density at radius 2 is 2.00 bits per heavy atom. The predicted molar refractivity (Wildman–Crippen MR) is 103 cm³/mol. The van der Waals surface area contributed by atoms with E-state index in [1.165, 1.54) is 0 Å². The summed E-state index contributed by atoms with van der Waals surface area (Å²) in [5.41, 5.74) is 3.66. The van der Waals surface area contributed by atoms with E-state index in [2.05, 4.69) is 20.6 Å². The van der Waals surface area contributed by atoms with E-state index >= 15 is 0 Å². The summed E-state index contributed by atoms with van der Waals surface area (Å²) in [5, 5.41) is 10.9. The van der Waals surface area contributed by atoms with Gasteiger partial charge in [-0.05, 0) is 28.9 Å². The van der Waals surface area contributed by atoms with E-state index in [1.54, 1.807) is 12.4 Å². The van der Waals surface area contributed by atoms with Gasteiger partial charge in [-0.25, -0.2) is 0 Å². The molecule has 1 atom stereocenters. The molecule has 2 aromatic rings. The maximum Gasteiger partial charge on any atom is 0.287 e. The van der Waals surface area contributed by atoms with Crippen molar-refractivity contribution in [1.82, 2.24) is 4.59 Å². The van der Waals surface area contributed by atoms with E-state index in [1.807, 2.05) is 54.7 Å². The minimum absolute atomic E-state index is 0.0164. The maximum atomic E-state index is 11.5. The van der Waals surface area contributed by atoms with Crippen molar-refractivity contribution in [3.8, 4) is 0 Å². The highest BCUT2D eigenvalue weighted by atomic mass is 16.1. The van der Waals surface area contributed by atoms with Gasteiger partial charge in [0.15, 0.2) is 11.9 Å². The van der Waals surface area contributed by atoms with Gasteiger partial charge < -0.3 is 10.6 Å². The normalized spacial score (nSPS) is 22.4. The minimum Gasteiger partial charge on any atom is -0.326 e. The monoisotopic (exact) mass is 343 g/mol. The molecule has 26 heavy (non-hydrogen) atoms. The zero-order valence-electron chi connectivity index (χ0n) is 13.8. The summed E-state index contributed by atoms with van der Waals surface area (Å²) < 4.78 is 0.150. The summed E-state index contributed by atoms with van der Waals surface area (Å²) in [5.74, 6) is 1.24. The van der Waals surface area contributed by atoms with Crippen LogP contribution in [-0.4, -0.2) is 23.9 Å². The number of carbonyl (C=O) groups is 1. The highest BCUT2D eigenvalue weighted by Crippen LogP contribution is 2.31. The number of para-hydroxylation sites is 1. The van der Waals surface area contributed by atoms with Crippen molar-refractivity contribution >= 4 is 41.0 Å². The Morgan fingerprint density at radius 3 is 2.88 bits per heavy atom. The third-order valence-corrected chi connectivity index (χ3v) is 4.52. The average Bonchev–Trinajstić information content (AvgIpc) is 3.21. The van der Waals surface area contributed by atoms with Crippen LogP contribution in [0.15, 0.2) is 76.0 Å². The average molecular weight is 343 g/mol. The molecule has 3 aliphatic heterocycles. The van der Waals surface area contributed by atoms with Gasteiger partial charge in [0.05, 0.1) is 12.6 Å². The first-order valence-electron chi connectivity index (χ1n) is 8.27. The molecule has 0 aliphatic carbocycles. The van der Waals surface area contributed by atoms with Crippen molar-refractivity contribution in [2.24, 2.45) is 15.1 Å². The summed E-state index contributed by atoms with van der Waals surface area (Å²) in [6.45, 7) is 0. The number of amidine groups is 1. The highest BCUT2D eigenvalue weighted by Gasteiger charge is 2.42. The first-order valence-corrected chi connectivity index (χ1v) is 8.27. The Hall–Kier alpha value is -3.58. The molecule has 7 nitrogen and oxygen atoms in total. The van der Waals surface area contributed by atoms with Crippen LogP contribution in [0.1, 0.15) is 5.56 Å². The Morgan fingerprint density at radius 1 is 1.12 bits per heavy atom. The molecular weight excluding hydrogens is 328 g/mol. The number of benzene rings is 2. The van der Waals surface area contributed by atoms with Crippen LogP contribution in [-0.2, 0) is 11.2 Å². The molecule has 0 radical (unpaired) electrons. The molecule has 1 amide bonds. The molecule has 0 aromatic heterocycles. The van der Waals surface area contributed by atoms with E-state index in [0.29, 0.717) is 12.4 Å². The fraction of sp³-hybridized carbons (Fsp3) is 0.0526. The SMILES string of the molecule is O=C1Cc2cc(NC3=N[N+]4(c5ccccc5)C=CN=CC4=N3)ccc2N1. The molecule has 0 fully saturated rings. The largest absolute Gasteiger partial charge is 0.326 e. The lowest BCUT2D eigenvalue weighted by Gasteiger charge is -2.23. The minimum atomic E-state index is 0.0164. The number of amides is 1. The molecule has 3 aliphatic rings. The van der Waals surface area contributed by atoms with Gasteiger partial charge in [-0.15, -0.1) is 0 Å². The number of fused-ring (bicyclic) bond motifs is 2. The van der Waals surface area contributed by atoms with E-state index in [4.69, 9.17) is 5.10 Å². The van der Waals surface area contributed by atoms with Gasteiger partial charge in [0.25, 0.3) is 11.8 Å². The molecule has 1 unspecified atom stereocenters. The quantitative estimate of drug-likeness (QED) is 0.823. The third kappa shape index (κ3) is 2.26. The summed E-state index contributed by atoms with van der Waals surface area (Å²) in [4.78, 5) is 20.3. The van der Waals surface area contributed by atoms with Gasteiger partial charge in [0, 0.05) is 23.5 Å². The Bertz CT molecular complexity index is 1040. The molecule has 0 saturated heterocycles. The van der Waals surface area contributed by atoms with Crippen LogP contribution in [0, 0.1) is 0 Å². The number of anilines is 2. The van der Waals surface area contributed by atoms with E-state index in [0.717, 1.165) is 28.5 Å². The highest BCUT2D eigenvalue weighted by molar-refractivity contribution is 6.38. The van der Waals surface area contributed by atoms with Crippen LogP contribution in [0.3, 0.4) is 0 Å². The van der Waals surface area contributed by atoms with E-state index < -0.39 is 0 Å². The van der Waals surface area contributed by atoms with E-state index in [-0.39, 0.29) is 10.5 Å². The summed E-state index contributed by atoms with van der Waals surface area (Å²) in [7, 11) is 0. The number of nitrogens with one attached hydrogen (secondary N) is 2. The van der Waals surface area contributed by atoms with E-state index in [9.17, 15) is 4.79 Å². The second-order valence-electron chi connectivity index (χ2n) is 6.21. The molecule has 0 bridgehead atoms. The molecule has 2 aromatic carbocycles. The van der Waals surface area contributed by atoms with Crippen LogP contribution >= 0.6 is 0 Å². The van der Waals surface area contributed by atoms with Crippen LogP contribution in [0.4, 0.5) is 17.1 Å². The van der Waals surface area contributed by atoms with Gasteiger partial charge >= 0.3 is 0 Å². The van der Waals surface area contributed by atoms with Gasteiger partial charge in [-0.3, -0.25) is 9.79 Å². The maximum absolute atomic E-state index is 11.5. The molecule has 7 heteroatoms. The summed E-state index contributed by atoms with van der Waals surface area (Å²) in [6.07, 6.45) is 5.74. The van der Waals surface area contributed by atoms with Gasteiger partial charge in [-0.1, -0.05) is 22.8 Å².